The van der Waals surface area contributed by atoms with Crippen molar-refractivity contribution in [1.29, 1.82) is 0 Å². The molecule has 0 heterocycles. The lowest BCUT2D eigenvalue weighted by atomic mass is 10.1. The quantitative estimate of drug-likeness (QED) is 0.786. The molecule has 0 bridgehead atoms. The van der Waals surface area contributed by atoms with Crippen molar-refractivity contribution in [2.75, 3.05) is 0 Å². The van der Waals surface area contributed by atoms with Crippen LogP contribution in [0.15, 0.2) is 24.3 Å². The summed E-state index contributed by atoms with van der Waals surface area (Å²) < 4.78 is 0. The van der Waals surface area contributed by atoms with Crippen LogP contribution in [-0.2, 0) is 6.42 Å². The van der Waals surface area contributed by atoms with Crippen molar-refractivity contribution in [1.82, 2.24) is 6.15 Å². The molecule has 0 fully saturated rings. The lowest BCUT2D eigenvalue weighted by Crippen LogP contribution is -1.80. The van der Waals surface area contributed by atoms with E-state index in [0.29, 0.717) is 0 Å². The molecule has 0 aliphatic heterocycles. The molecule has 1 nitrogen and oxygen atoms in total. The molecule has 0 aliphatic carbocycles. The summed E-state index contributed by atoms with van der Waals surface area (Å²) in [6.07, 6.45) is 2.35. The number of halogens is 2. The van der Waals surface area contributed by atoms with Crippen molar-refractivity contribution in [2.24, 2.45) is 0 Å². The van der Waals surface area contributed by atoms with Gasteiger partial charge in [-0.3, -0.25) is 0 Å². The van der Waals surface area contributed by atoms with E-state index in [1.54, 1.807) is 0 Å². The molecule has 0 aliphatic rings. The van der Waals surface area contributed by atoms with E-state index in [9.17, 15) is 0 Å². The van der Waals surface area contributed by atoms with Gasteiger partial charge in [0.25, 0.3) is 0 Å². The second-order valence-electron chi connectivity index (χ2n) is 2.38. The fraction of sp³-hybridized carbons (Fsp3) is 0.333. The Kier molecular flexibility index (Phi) is 8.83. The summed E-state index contributed by atoms with van der Waals surface area (Å²) in [5, 5.41) is 0.819. The summed E-state index contributed by atoms with van der Waals surface area (Å²) in [5.74, 6) is 0. The Morgan fingerprint density at radius 2 is 1.67 bits per heavy atom. The predicted octanol–water partition coefficient (Wildman–Crippen LogP) is 3.88. The zero-order valence-electron chi connectivity index (χ0n) is 7.22. The van der Waals surface area contributed by atoms with Crippen LogP contribution in [0, 0.1) is 0 Å². The predicted molar refractivity (Wildman–Crippen MR) is 57.7 cm³/mol. The van der Waals surface area contributed by atoms with Gasteiger partial charge in [0.15, 0.2) is 0 Å². The van der Waals surface area contributed by atoms with Gasteiger partial charge < -0.3 is 6.15 Å². The van der Waals surface area contributed by atoms with Gasteiger partial charge >= 0.3 is 0 Å². The molecular weight excluding hydrogens is 193 g/mol. The van der Waals surface area contributed by atoms with Crippen LogP contribution in [-0.4, -0.2) is 0 Å². The highest BCUT2D eigenvalue weighted by molar-refractivity contribution is 6.30. The minimum Gasteiger partial charge on any atom is -0.344 e. The fourth-order valence-corrected chi connectivity index (χ4v) is 1.07. The van der Waals surface area contributed by atoms with Crippen molar-refractivity contribution in [3.8, 4) is 0 Å². The Bertz CT molecular complexity index is 196. The first-order valence-electron chi connectivity index (χ1n) is 3.57. The second-order valence-corrected chi connectivity index (χ2v) is 2.81. The van der Waals surface area contributed by atoms with Gasteiger partial charge in [-0.1, -0.05) is 37.1 Å². The molecule has 0 saturated heterocycles. The first kappa shape index (κ1) is 14.3. The number of benzene rings is 1. The SMILES string of the molecule is CCCc1ccc(Cl)cc1.Cl.N. The largest absolute Gasteiger partial charge is 0.344 e. The molecule has 1 rings (SSSR count). The monoisotopic (exact) mass is 207 g/mol. The summed E-state index contributed by atoms with van der Waals surface area (Å²) in [4.78, 5) is 0. The minimum atomic E-state index is 0. The van der Waals surface area contributed by atoms with Crippen LogP contribution in [0.1, 0.15) is 18.9 Å². The normalized spacial score (nSPS) is 8.17. The summed E-state index contributed by atoms with van der Waals surface area (Å²) in [6.45, 7) is 2.18. The number of hydrogen-bond donors (Lipinski definition) is 1. The maximum atomic E-state index is 5.71. The van der Waals surface area contributed by atoms with Crippen LogP contribution in [0.5, 0.6) is 0 Å². The van der Waals surface area contributed by atoms with E-state index in [1.165, 1.54) is 12.0 Å². The van der Waals surface area contributed by atoms with Gasteiger partial charge in [-0.25, -0.2) is 0 Å². The zero-order chi connectivity index (χ0) is 7.40. The molecule has 0 aromatic heterocycles. The highest BCUT2D eigenvalue weighted by Gasteiger charge is 1.89. The molecule has 70 valence electrons. The van der Waals surface area contributed by atoms with Gasteiger partial charge in [-0.15, -0.1) is 12.4 Å². The molecular formula is C9H15Cl2N. The molecule has 1 aromatic carbocycles. The second kappa shape index (κ2) is 7.41. The Hall–Kier alpha value is -0.240. The van der Waals surface area contributed by atoms with Crippen LogP contribution in [0.25, 0.3) is 0 Å². The summed E-state index contributed by atoms with van der Waals surface area (Å²) in [7, 11) is 0. The minimum absolute atomic E-state index is 0. The molecule has 3 N–H and O–H groups in total. The Balaban J connectivity index is 0. The van der Waals surface area contributed by atoms with Crippen molar-refractivity contribution < 1.29 is 0 Å². The third kappa shape index (κ3) is 4.60. The Morgan fingerprint density at radius 1 is 1.17 bits per heavy atom. The molecule has 0 spiro atoms. The lowest BCUT2D eigenvalue weighted by Gasteiger charge is -1.96. The van der Waals surface area contributed by atoms with E-state index in [2.05, 4.69) is 19.1 Å². The summed E-state index contributed by atoms with van der Waals surface area (Å²) in [5.41, 5.74) is 1.37. The van der Waals surface area contributed by atoms with Gasteiger partial charge in [0.2, 0.25) is 0 Å². The number of hydrogen-bond acceptors (Lipinski definition) is 1. The molecule has 0 unspecified atom stereocenters. The maximum absolute atomic E-state index is 5.71. The molecule has 3 heteroatoms. The van der Waals surface area contributed by atoms with Gasteiger partial charge in [-0.05, 0) is 24.1 Å². The van der Waals surface area contributed by atoms with Crippen LogP contribution >= 0.6 is 24.0 Å². The first-order valence-corrected chi connectivity index (χ1v) is 3.95. The Morgan fingerprint density at radius 3 is 2.08 bits per heavy atom. The van der Waals surface area contributed by atoms with E-state index < -0.39 is 0 Å². The standard InChI is InChI=1S/C9H11Cl.ClH.H3N/c1-2-3-8-4-6-9(10)7-5-8;;/h4-7H,2-3H2,1H3;1H;1H3. The molecule has 0 atom stereocenters. The van der Waals surface area contributed by atoms with Crippen molar-refractivity contribution >= 4 is 24.0 Å². The summed E-state index contributed by atoms with van der Waals surface area (Å²) in [6, 6.07) is 8.02. The van der Waals surface area contributed by atoms with Crippen molar-refractivity contribution in [3.63, 3.8) is 0 Å². The van der Waals surface area contributed by atoms with E-state index in [0.717, 1.165) is 11.4 Å². The number of aryl methyl sites for hydroxylation is 1. The van der Waals surface area contributed by atoms with Gasteiger partial charge in [0, 0.05) is 5.02 Å². The van der Waals surface area contributed by atoms with Gasteiger partial charge in [-0.2, -0.15) is 0 Å². The van der Waals surface area contributed by atoms with Crippen molar-refractivity contribution in [3.05, 3.63) is 34.9 Å². The third-order valence-corrected chi connectivity index (χ3v) is 1.70. The van der Waals surface area contributed by atoms with E-state index in [-0.39, 0.29) is 18.6 Å². The molecule has 1 aromatic rings. The molecule has 0 radical (unpaired) electrons. The topological polar surface area (TPSA) is 35.0 Å². The zero-order valence-corrected chi connectivity index (χ0v) is 8.79. The lowest BCUT2D eigenvalue weighted by molar-refractivity contribution is 0.922. The Labute approximate surface area is 85.1 Å². The van der Waals surface area contributed by atoms with E-state index in [4.69, 9.17) is 11.6 Å². The van der Waals surface area contributed by atoms with E-state index in [1.807, 2.05) is 12.1 Å². The van der Waals surface area contributed by atoms with Crippen LogP contribution < -0.4 is 6.15 Å². The average molecular weight is 208 g/mol. The number of rotatable bonds is 2. The maximum Gasteiger partial charge on any atom is 0.0406 e. The van der Waals surface area contributed by atoms with Crippen LogP contribution in [0.2, 0.25) is 5.02 Å². The summed E-state index contributed by atoms with van der Waals surface area (Å²) >= 11 is 5.71. The van der Waals surface area contributed by atoms with Gasteiger partial charge in [0.1, 0.15) is 0 Å². The molecule has 12 heavy (non-hydrogen) atoms. The average Bonchev–Trinajstić information content (AvgIpc) is 1.95. The van der Waals surface area contributed by atoms with Crippen molar-refractivity contribution in [2.45, 2.75) is 19.8 Å². The van der Waals surface area contributed by atoms with Crippen LogP contribution in [0.3, 0.4) is 0 Å². The highest BCUT2D eigenvalue weighted by Crippen LogP contribution is 2.10. The molecule has 0 amide bonds. The van der Waals surface area contributed by atoms with E-state index >= 15 is 0 Å². The fourth-order valence-electron chi connectivity index (χ4n) is 0.940. The van der Waals surface area contributed by atoms with Gasteiger partial charge in [0.05, 0.1) is 0 Å². The first-order chi connectivity index (χ1) is 4.83. The highest BCUT2D eigenvalue weighted by atomic mass is 35.5. The third-order valence-electron chi connectivity index (χ3n) is 1.45. The van der Waals surface area contributed by atoms with Crippen LogP contribution in [0.4, 0.5) is 0 Å². The smallest absolute Gasteiger partial charge is 0.0406 e. The molecule has 0 saturated carbocycles.